The van der Waals surface area contributed by atoms with Crippen molar-refractivity contribution in [2.24, 2.45) is 11.7 Å². The molecular weight excluding hydrogens is 148 g/mol. The molecular formula is C10H20N2. The normalized spacial score (nSPS) is 38.5. The van der Waals surface area contributed by atoms with Crippen LogP contribution in [-0.4, -0.2) is 30.1 Å². The van der Waals surface area contributed by atoms with Crippen molar-refractivity contribution in [3.8, 4) is 0 Å². The van der Waals surface area contributed by atoms with E-state index in [1.165, 1.54) is 32.2 Å². The van der Waals surface area contributed by atoms with Crippen LogP contribution in [0.5, 0.6) is 0 Å². The zero-order valence-corrected chi connectivity index (χ0v) is 8.00. The number of nitrogens with two attached hydrogens (primary N) is 1. The number of rotatable bonds is 2. The van der Waals surface area contributed by atoms with Crippen LogP contribution in [0.4, 0.5) is 0 Å². The number of likely N-dealkylation sites (tertiary alicyclic amines) is 1. The first kappa shape index (κ1) is 8.52. The summed E-state index contributed by atoms with van der Waals surface area (Å²) in [5.41, 5.74) is 5.81. The van der Waals surface area contributed by atoms with Gasteiger partial charge in [0.15, 0.2) is 0 Å². The molecule has 2 rings (SSSR count). The molecule has 0 amide bonds. The molecule has 2 aliphatic rings. The zero-order chi connectivity index (χ0) is 8.55. The van der Waals surface area contributed by atoms with E-state index in [9.17, 15) is 0 Å². The maximum absolute atomic E-state index is 5.81. The molecule has 1 saturated heterocycles. The SMILES string of the molecule is CC1CCCN(C2CC2)C1CN. The monoisotopic (exact) mass is 168 g/mol. The van der Waals surface area contributed by atoms with Gasteiger partial charge < -0.3 is 5.73 Å². The van der Waals surface area contributed by atoms with Crippen LogP contribution >= 0.6 is 0 Å². The van der Waals surface area contributed by atoms with Gasteiger partial charge in [-0.15, -0.1) is 0 Å². The van der Waals surface area contributed by atoms with Crippen LogP contribution in [0.25, 0.3) is 0 Å². The van der Waals surface area contributed by atoms with E-state index < -0.39 is 0 Å². The second-order valence-electron chi connectivity index (χ2n) is 4.39. The summed E-state index contributed by atoms with van der Waals surface area (Å²) in [5.74, 6) is 0.823. The topological polar surface area (TPSA) is 29.3 Å². The lowest BCUT2D eigenvalue weighted by molar-refractivity contribution is 0.0985. The lowest BCUT2D eigenvalue weighted by Gasteiger charge is -2.39. The minimum Gasteiger partial charge on any atom is -0.329 e. The van der Waals surface area contributed by atoms with Gasteiger partial charge in [0.2, 0.25) is 0 Å². The highest BCUT2D eigenvalue weighted by molar-refractivity contribution is 4.93. The van der Waals surface area contributed by atoms with Crippen molar-refractivity contribution in [2.45, 2.75) is 44.7 Å². The van der Waals surface area contributed by atoms with Crippen molar-refractivity contribution in [1.82, 2.24) is 4.90 Å². The number of hydrogen-bond acceptors (Lipinski definition) is 2. The van der Waals surface area contributed by atoms with E-state index in [1.807, 2.05) is 0 Å². The minimum atomic E-state index is 0.686. The third-order valence-corrected chi connectivity index (χ3v) is 3.42. The molecule has 2 unspecified atom stereocenters. The summed E-state index contributed by atoms with van der Waals surface area (Å²) in [6.07, 6.45) is 5.60. The summed E-state index contributed by atoms with van der Waals surface area (Å²) in [5, 5.41) is 0. The highest BCUT2D eigenvalue weighted by Crippen LogP contribution is 2.34. The fourth-order valence-electron chi connectivity index (χ4n) is 2.51. The van der Waals surface area contributed by atoms with Crippen molar-refractivity contribution < 1.29 is 0 Å². The quantitative estimate of drug-likeness (QED) is 0.671. The van der Waals surface area contributed by atoms with Gasteiger partial charge in [0, 0.05) is 18.6 Å². The third-order valence-electron chi connectivity index (χ3n) is 3.42. The molecule has 1 saturated carbocycles. The van der Waals surface area contributed by atoms with E-state index in [1.54, 1.807) is 0 Å². The van der Waals surface area contributed by atoms with E-state index in [2.05, 4.69) is 11.8 Å². The van der Waals surface area contributed by atoms with E-state index in [0.717, 1.165) is 18.5 Å². The largest absolute Gasteiger partial charge is 0.329 e. The molecule has 0 aromatic heterocycles. The van der Waals surface area contributed by atoms with Gasteiger partial charge in [-0.3, -0.25) is 4.90 Å². The molecule has 1 aliphatic carbocycles. The molecule has 0 aromatic rings. The van der Waals surface area contributed by atoms with Crippen molar-refractivity contribution in [2.75, 3.05) is 13.1 Å². The van der Waals surface area contributed by atoms with Gasteiger partial charge in [-0.25, -0.2) is 0 Å². The highest BCUT2D eigenvalue weighted by Gasteiger charge is 2.37. The predicted molar refractivity (Wildman–Crippen MR) is 51.0 cm³/mol. The van der Waals surface area contributed by atoms with Crippen LogP contribution in [0, 0.1) is 5.92 Å². The van der Waals surface area contributed by atoms with Crippen LogP contribution in [0.1, 0.15) is 32.6 Å². The molecule has 12 heavy (non-hydrogen) atoms. The van der Waals surface area contributed by atoms with Crippen molar-refractivity contribution in [1.29, 1.82) is 0 Å². The molecule has 0 bridgehead atoms. The first-order chi connectivity index (χ1) is 5.83. The van der Waals surface area contributed by atoms with E-state index in [0.29, 0.717) is 6.04 Å². The smallest absolute Gasteiger partial charge is 0.0246 e. The fourth-order valence-corrected chi connectivity index (χ4v) is 2.51. The van der Waals surface area contributed by atoms with Crippen LogP contribution in [0.3, 0.4) is 0 Å². The van der Waals surface area contributed by atoms with Gasteiger partial charge in [0.05, 0.1) is 0 Å². The second kappa shape index (κ2) is 3.35. The summed E-state index contributed by atoms with van der Waals surface area (Å²) in [4.78, 5) is 2.66. The van der Waals surface area contributed by atoms with E-state index in [-0.39, 0.29) is 0 Å². The average Bonchev–Trinajstić information content (AvgIpc) is 2.86. The molecule has 2 atom stereocenters. The Morgan fingerprint density at radius 2 is 2.08 bits per heavy atom. The van der Waals surface area contributed by atoms with Gasteiger partial charge in [0.1, 0.15) is 0 Å². The molecule has 0 aromatic carbocycles. The van der Waals surface area contributed by atoms with Crippen LogP contribution in [0.2, 0.25) is 0 Å². The standard InChI is InChI=1S/C10H20N2/c1-8-3-2-6-12(9-4-5-9)10(8)7-11/h8-10H,2-7,11H2,1H3. The predicted octanol–water partition coefficient (Wildman–Crippen LogP) is 1.21. The highest BCUT2D eigenvalue weighted by atomic mass is 15.2. The maximum Gasteiger partial charge on any atom is 0.0246 e. The maximum atomic E-state index is 5.81. The number of piperidine rings is 1. The van der Waals surface area contributed by atoms with Crippen molar-refractivity contribution in [3.63, 3.8) is 0 Å². The Kier molecular flexibility index (Phi) is 2.37. The zero-order valence-electron chi connectivity index (χ0n) is 8.00. The molecule has 2 N–H and O–H groups in total. The molecule has 0 radical (unpaired) electrons. The molecule has 70 valence electrons. The molecule has 2 heteroatoms. The summed E-state index contributed by atoms with van der Waals surface area (Å²) in [7, 11) is 0. The van der Waals surface area contributed by atoms with Gasteiger partial charge in [0.25, 0.3) is 0 Å². The summed E-state index contributed by atoms with van der Waals surface area (Å²) < 4.78 is 0. The lowest BCUT2D eigenvalue weighted by atomic mass is 9.91. The van der Waals surface area contributed by atoms with Crippen LogP contribution in [0.15, 0.2) is 0 Å². The Labute approximate surface area is 75.1 Å². The van der Waals surface area contributed by atoms with Crippen LogP contribution < -0.4 is 5.73 Å². The summed E-state index contributed by atoms with van der Waals surface area (Å²) in [6, 6.07) is 1.59. The van der Waals surface area contributed by atoms with Gasteiger partial charge >= 0.3 is 0 Å². The lowest BCUT2D eigenvalue weighted by Crippen LogP contribution is -2.49. The Morgan fingerprint density at radius 3 is 2.67 bits per heavy atom. The third kappa shape index (κ3) is 1.50. The number of hydrogen-bond donors (Lipinski definition) is 1. The fraction of sp³-hybridized carbons (Fsp3) is 1.00. The average molecular weight is 168 g/mol. The Morgan fingerprint density at radius 1 is 1.33 bits per heavy atom. The molecule has 0 spiro atoms. The van der Waals surface area contributed by atoms with Crippen molar-refractivity contribution >= 4 is 0 Å². The molecule has 2 nitrogen and oxygen atoms in total. The first-order valence-corrected chi connectivity index (χ1v) is 5.28. The summed E-state index contributed by atoms with van der Waals surface area (Å²) >= 11 is 0. The van der Waals surface area contributed by atoms with Crippen molar-refractivity contribution in [3.05, 3.63) is 0 Å². The summed E-state index contributed by atoms with van der Waals surface area (Å²) in [6.45, 7) is 4.51. The molecule has 1 heterocycles. The first-order valence-electron chi connectivity index (χ1n) is 5.28. The molecule has 2 fully saturated rings. The Hall–Kier alpha value is -0.0800. The van der Waals surface area contributed by atoms with Gasteiger partial charge in [-0.1, -0.05) is 6.92 Å². The van der Waals surface area contributed by atoms with E-state index >= 15 is 0 Å². The second-order valence-corrected chi connectivity index (χ2v) is 4.39. The Balaban J connectivity index is 1.98. The van der Waals surface area contributed by atoms with Gasteiger partial charge in [-0.2, -0.15) is 0 Å². The van der Waals surface area contributed by atoms with E-state index in [4.69, 9.17) is 5.73 Å². The minimum absolute atomic E-state index is 0.686. The van der Waals surface area contributed by atoms with Gasteiger partial charge in [-0.05, 0) is 38.1 Å². The Bertz CT molecular complexity index is 154. The van der Waals surface area contributed by atoms with Crippen LogP contribution in [-0.2, 0) is 0 Å². The molecule has 1 aliphatic heterocycles. The number of nitrogens with zero attached hydrogens (tertiary/aromatic N) is 1.